The number of benzene rings is 1. The average Bonchev–Trinajstić information content (AvgIpc) is 2.96. The van der Waals surface area contributed by atoms with Gasteiger partial charge in [-0.3, -0.25) is 9.59 Å². The number of hydrogen-bond donors (Lipinski definition) is 1. The van der Waals surface area contributed by atoms with E-state index in [9.17, 15) is 9.59 Å². The SMILES string of the molecule is O=C/C=C/c1ccccc1C(=O)NCc1cccs1. The lowest BCUT2D eigenvalue weighted by Crippen LogP contribution is -2.23. The van der Waals surface area contributed by atoms with Gasteiger partial charge in [-0.2, -0.15) is 0 Å². The fourth-order valence-corrected chi connectivity index (χ4v) is 2.31. The molecule has 1 aromatic heterocycles. The molecule has 0 aliphatic carbocycles. The van der Waals surface area contributed by atoms with Crippen molar-refractivity contribution in [2.24, 2.45) is 0 Å². The number of carbonyl (C=O) groups excluding carboxylic acids is 2. The molecular weight excluding hydrogens is 258 g/mol. The number of aldehydes is 1. The minimum absolute atomic E-state index is 0.139. The third-order valence-corrected chi connectivity index (χ3v) is 3.44. The molecule has 0 radical (unpaired) electrons. The van der Waals surface area contributed by atoms with E-state index in [2.05, 4.69) is 5.32 Å². The summed E-state index contributed by atoms with van der Waals surface area (Å²) >= 11 is 1.60. The highest BCUT2D eigenvalue weighted by molar-refractivity contribution is 7.09. The van der Waals surface area contributed by atoms with E-state index in [-0.39, 0.29) is 5.91 Å². The van der Waals surface area contributed by atoms with Crippen LogP contribution in [0.2, 0.25) is 0 Å². The third kappa shape index (κ3) is 3.63. The van der Waals surface area contributed by atoms with Gasteiger partial charge in [-0.05, 0) is 29.2 Å². The summed E-state index contributed by atoms with van der Waals surface area (Å²) in [5.41, 5.74) is 1.30. The molecule has 3 nitrogen and oxygen atoms in total. The van der Waals surface area contributed by atoms with Crippen LogP contribution in [0.3, 0.4) is 0 Å². The van der Waals surface area contributed by atoms with E-state index in [1.54, 1.807) is 35.6 Å². The highest BCUT2D eigenvalue weighted by atomic mass is 32.1. The van der Waals surface area contributed by atoms with Gasteiger partial charge in [0.25, 0.3) is 5.91 Å². The Balaban J connectivity index is 2.10. The summed E-state index contributed by atoms with van der Waals surface area (Å²) < 4.78 is 0. The van der Waals surface area contributed by atoms with E-state index in [0.29, 0.717) is 18.4 Å². The molecular formula is C15H13NO2S. The zero-order valence-electron chi connectivity index (χ0n) is 10.2. The summed E-state index contributed by atoms with van der Waals surface area (Å²) in [6.07, 6.45) is 3.71. The first kappa shape index (κ1) is 13.2. The summed E-state index contributed by atoms with van der Waals surface area (Å²) in [4.78, 5) is 23.6. The minimum Gasteiger partial charge on any atom is -0.347 e. The first-order valence-electron chi connectivity index (χ1n) is 5.82. The van der Waals surface area contributed by atoms with Gasteiger partial charge in [-0.15, -0.1) is 11.3 Å². The van der Waals surface area contributed by atoms with Crippen LogP contribution in [0.5, 0.6) is 0 Å². The second kappa shape index (κ2) is 6.66. The van der Waals surface area contributed by atoms with Crippen LogP contribution in [0.25, 0.3) is 6.08 Å². The first-order chi connectivity index (χ1) is 9.31. The molecule has 0 aliphatic rings. The summed E-state index contributed by atoms with van der Waals surface area (Å²) in [7, 11) is 0. The first-order valence-corrected chi connectivity index (χ1v) is 6.70. The number of nitrogens with one attached hydrogen (secondary N) is 1. The lowest BCUT2D eigenvalue weighted by molar-refractivity contribution is -0.104. The van der Waals surface area contributed by atoms with E-state index < -0.39 is 0 Å². The molecule has 0 unspecified atom stereocenters. The normalized spacial score (nSPS) is 10.5. The fraction of sp³-hybridized carbons (Fsp3) is 0.0667. The van der Waals surface area contributed by atoms with Crippen molar-refractivity contribution >= 4 is 29.6 Å². The van der Waals surface area contributed by atoms with Crippen molar-refractivity contribution in [3.8, 4) is 0 Å². The molecule has 0 atom stereocenters. The Kier molecular flexibility index (Phi) is 4.64. The maximum atomic E-state index is 12.1. The number of hydrogen-bond acceptors (Lipinski definition) is 3. The van der Waals surface area contributed by atoms with E-state index in [0.717, 1.165) is 10.4 Å². The molecule has 0 spiro atoms. The van der Waals surface area contributed by atoms with E-state index >= 15 is 0 Å². The standard InChI is InChI=1S/C15H13NO2S/c17-9-3-6-12-5-1-2-8-14(12)15(18)16-11-13-7-4-10-19-13/h1-10H,11H2,(H,16,18)/b6-3+. The molecule has 1 N–H and O–H groups in total. The van der Waals surface area contributed by atoms with Crippen molar-refractivity contribution in [2.75, 3.05) is 0 Å². The summed E-state index contributed by atoms with van der Waals surface area (Å²) in [5, 5.41) is 4.84. The molecule has 0 fully saturated rings. The Bertz CT molecular complexity index is 588. The quantitative estimate of drug-likeness (QED) is 0.671. The van der Waals surface area contributed by atoms with Crippen molar-refractivity contribution in [2.45, 2.75) is 6.54 Å². The van der Waals surface area contributed by atoms with Crippen LogP contribution in [-0.4, -0.2) is 12.2 Å². The van der Waals surface area contributed by atoms with Crippen LogP contribution in [0.15, 0.2) is 47.9 Å². The Morgan fingerprint density at radius 1 is 1.21 bits per heavy atom. The maximum Gasteiger partial charge on any atom is 0.252 e. The van der Waals surface area contributed by atoms with Crippen LogP contribution in [0.4, 0.5) is 0 Å². The maximum absolute atomic E-state index is 12.1. The highest BCUT2D eigenvalue weighted by Gasteiger charge is 2.08. The second-order valence-corrected chi connectivity index (χ2v) is 4.88. The molecule has 96 valence electrons. The molecule has 19 heavy (non-hydrogen) atoms. The zero-order valence-corrected chi connectivity index (χ0v) is 11.0. The lowest BCUT2D eigenvalue weighted by Gasteiger charge is -2.06. The molecule has 1 heterocycles. The van der Waals surface area contributed by atoms with Gasteiger partial charge >= 0.3 is 0 Å². The number of amides is 1. The largest absolute Gasteiger partial charge is 0.347 e. The van der Waals surface area contributed by atoms with Crippen LogP contribution in [-0.2, 0) is 11.3 Å². The van der Waals surface area contributed by atoms with Gasteiger partial charge in [0.1, 0.15) is 6.29 Å². The zero-order chi connectivity index (χ0) is 13.5. The van der Waals surface area contributed by atoms with E-state index in [1.807, 2.05) is 23.6 Å². The van der Waals surface area contributed by atoms with Crippen LogP contribution in [0, 0.1) is 0 Å². The second-order valence-electron chi connectivity index (χ2n) is 3.84. The topological polar surface area (TPSA) is 46.2 Å². The summed E-state index contributed by atoms with van der Waals surface area (Å²) in [6, 6.07) is 11.1. The third-order valence-electron chi connectivity index (χ3n) is 2.56. The highest BCUT2D eigenvalue weighted by Crippen LogP contribution is 2.12. The molecule has 2 aromatic rings. The molecule has 0 aliphatic heterocycles. The van der Waals surface area contributed by atoms with Crippen LogP contribution < -0.4 is 5.32 Å². The summed E-state index contributed by atoms with van der Waals surface area (Å²) in [5.74, 6) is -0.139. The van der Waals surface area contributed by atoms with Crippen molar-refractivity contribution < 1.29 is 9.59 Å². The van der Waals surface area contributed by atoms with Gasteiger partial charge < -0.3 is 5.32 Å². The predicted octanol–water partition coefficient (Wildman–Crippen LogP) is 2.89. The molecule has 1 amide bonds. The average molecular weight is 271 g/mol. The Morgan fingerprint density at radius 2 is 2.05 bits per heavy atom. The number of thiophene rings is 1. The van der Waals surface area contributed by atoms with Crippen molar-refractivity contribution in [3.63, 3.8) is 0 Å². The van der Waals surface area contributed by atoms with E-state index in [4.69, 9.17) is 0 Å². The Morgan fingerprint density at radius 3 is 2.79 bits per heavy atom. The molecule has 0 saturated heterocycles. The van der Waals surface area contributed by atoms with Crippen molar-refractivity contribution in [1.29, 1.82) is 0 Å². The van der Waals surface area contributed by atoms with Crippen LogP contribution >= 0.6 is 11.3 Å². The monoisotopic (exact) mass is 271 g/mol. The van der Waals surface area contributed by atoms with Gasteiger partial charge in [0.2, 0.25) is 0 Å². The van der Waals surface area contributed by atoms with Crippen molar-refractivity contribution in [1.82, 2.24) is 5.32 Å². The van der Waals surface area contributed by atoms with Gasteiger partial charge in [-0.1, -0.05) is 30.3 Å². The van der Waals surface area contributed by atoms with Gasteiger partial charge in [0.05, 0.1) is 6.54 Å². The van der Waals surface area contributed by atoms with Crippen LogP contribution in [0.1, 0.15) is 20.8 Å². The Hall–Kier alpha value is -2.20. The Labute approximate surface area is 115 Å². The summed E-state index contributed by atoms with van der Waals surface area (Å²) in [6.45, 7) is 0.516. The molecule has 4 heteroatoms. The number of carbonyl (C=O) groups is 2. The predicted molar refractivity (Wildman–Crippen MR) is 77.0 cm³/mol. The van der Waals surface area contributed by atoms with E-state index in [1.165, 1.54) is 6.08 Å². The van der Waals surface area contributed by atoms with Gasteiger partial charge in [-0.25, -0.2) is 0 Å². The smallest absolute Gasteiger partial charge is 0.252 e. The van der Waals surface area contributed by atoms with Gasteiger partial charge in [0.15, 0.2) is 0 Å². The fourth-order valence-electron chi connectivity index (χ4n) is 1.67. The molecule has 0 saturated carbocycles. The number of rotatable bonds is 5. The van der Waals surface area contributed by atoms with Crippen molar-refractivity contribution in [3.05, 3.63) is 63.9 Å². The number of allylic oxidation sites excluding steroid dienone is 1. The molecule has 1 aromatic carbocycles. The minimum atomic E-state index is -0.139. The van der Waals surface area contributed by atoms with Gasteiger partial charge in [0, 0.05) is 10.4 Å². The lowest BCUT2D eigenvalue weighted by atomic mass is 10.1. The molecule has 0 bridgehead atoms. The molecule has 2 rings (SSSR count).